The maximum Gasteiger partial charge on any atom is 0.242 e. The first-order chi connectivity index (χ1) is 11.2. The van der Waals surface area contributed by atoms with Crippen LogP contribution in [0.1, 0.15) is 16.7 Å². The number of carbonyl (C=O) groups excluding carboxylic acids is 1. The van der Waals surface area contributed by atoms with Gasteiger partial charge in [0, 0.05) is 13.1 Å². The third-order valence-electron chi connectivity index (χ3n) is 4.13. The molecule has 1 heterocycles. The van der Waals surface area contributed by atoms with Gasteiger partial charge in [-0.15, -0.1) is 0 Å². The summed E-state index contributed by atoms with van der Waals surface area (Å²) in [6.45, 7) is 1.53. The van der Waals surface area contributed by atoms with E-state index in [0.29, 0.717) is 17.3 Å². The lowest BCUT2D eigenvalue weighted by molar-refractivity contribution is -0.130. The third kappa shape index (κ3) is 3.66. The Morgan fingerprint density at radius 3 is 2.78 bits per heavy atom. The van der Waals surface area contributed by atoms with Gasteiger partial charge >= 0.3 is 0 Å². The van der Waals surface area contributed by atoms with Gasteiger partial charge in [0.25, 0.3) is 0 Å². The SMILES string of the molecule is O=C(CNc1cc(CO)ccc1Cl)N1CCc2ccccc2C1. The second-order valence-corrected chi connectivity index (χ2v) is 6.07. The summed E-state index contributed by atoms with van der Waals surface area (Å²) in [5, 5.41) is 12.8. The van der Waals surface area contributed by atoms with Crippen molar-refractivity contribution in [2.75, 3.05) is 18.4 Å². The largest absolute Gasteiger partial charge is 0.392 e. The maximum atomic E-state index is 12.4. The van der Waals surface area contributed by atoms with Crippen molar-refractivity contribution in [1.29, 1.82) is 0 Å². The molecule has 1 aliphatic heterocycles. The molecule has 1 aliphatic rings. The predicted octanol–water partition coefficient (Wildman–Crippen LogP) is 2.83. The van der Waals surface area contributed by atoms with Crippen molar-refractivity contribution < 1.29 is 9.90 Å². The van der Waals surface area contributed by atoms with E-state index in [1.54, 1.807) is 18.2 Å². The molecule has 0 radical (unpaired) electrons. The lowest BCUT2D eigenvalue weighted by atomic mass is 10.00. The highest BCUT2D eigenvalue weighted by atomic mass is 35.5. The van der Waals surface area contributed by atoms with Gasteiger partial charge in [-0.05, 0) is 35.2 Å². The zero-order chi connectivity index (χ0) is 16.2. The third-order valence-corrected chi connectivity index (χ3v) is 4.46. The van der Waals surface area contributed by atoms with Gasteiger partial charge in [-0.1, -0.05) is 41.9 Å². The Hall–Kier alpha value is -2.04. The number of hydrogen-bond acceptors (Lipinski definition) is 3. The average molecular weight is 331 g/mol. The van der Waals surface area contributed by atoms with Crippen molar-refractivity contribution in [3.63, 3.8) is 0 Å². The maximum absolute atomic E-state index is 12.4. The minimum atomic E-state index is -0.0529. The van der Waals surface area contributed by atoms with Crippen LogP contribution < -0.4 is 5.32 Å². The number of amides is 1. The van der Waals surface area contributed by atoms with Crippen molar-refractivity contribution in [2.24, 2.45) is 0 Å². The van der Waals surface area contributed by atoms with Gasteiger partial charge in [-0.25, -0.2) is 0 Å². The van der Waals surface area contributed by atoms with E-state index in [1.807, 2.05) is 17.0 Å². The number of anilines is 1. The molecule has 120 valence electrons. The highest BCUT2D eigenvalue weighted by Crippen LogP contribution is 2.23. The Bertz CT molecular complexity index is 718. The van der Waals surface area contributed by atoms with E-state index in [-0.39, 0.29) is 19.1 Å². The minimum Gasteiger partial charge on any atom is -0.392 e. The number of hydrogen-bond donors (Lipinski definition) is 2. The number of nitrogens with zero attached hydrogens (tertiary/aromatic N) is 1. The normalized spacial score (nSPS) is 13.6. The molecule has 0 saturated heterocycles. The fraction of sp³-hybridized carbons (Fsp3) is 0.278. The first-order valence-electron chi connectivity index (χ1n) is 7.65. The summed E-state index contributed by atoms with van der Waals surface area (Å²) in [5.41, 5.74) is 3.97. The molecule has 0 spiro atoms. The Morgan fingerprint density at radius 1 is 1.22 bits per heavy atom. The molecule has 3 rings (SSSR count). The van der Waals surface area contributed by atoms with Crippen molar-refractivity contribution in [1.82, 2.24) is 4.90 Å². The van der Waals surface area contributed by atoms with Crippen LogP contribution in [0.3, 0.4) is 0 Å². The van der Waals surface area contributed by atoms with Crippen molar-refractivity contribution in [3.8, 4) is 0 Å². The molecule has 4 nitrogen and oxygen atoms in total. The van der Waals surface area contributed by atoms with E-state index in [9.17, 15) is 9.90 Å². The first kappa shape index (κ1) is 15.8. The van der Waals surface area contributed by atoms with Gasteiger partial charge in [-0.2, -0.15) is 0 Å². The lowest BCUT2D eigenvalue weighted by Gasteiger charge is -2.29. The number of rotatable bonds is 4. The quantitative estimate of drug-likeness (QED) is 0.906. The van der Waals surface area contributed by atoms with Crippen LogP contribution in [0.25, 0.3) is 0 Å². The highest BCUT2D eigenvalue weighted by molar-refractivity contribution is 6.33. The molecule has 5 heteroatoms. The molecule has 23 heavy (non-hydrogen) atoms. The van der Waals surface area contributed by atoms with Gasteiger partial charge in [-0.3, -0.25) is 4.79 Å². The topological polar surface area (TPSA) is 52.6 Å². The molecule has 2 N–H and O–H groups in total. The number of carbonyl (C=O) groups is 1. The van der Waals surface area contributed by atoms with E-state index >= 15 is 0 Å². The van der Waals surface area contributed by atoms with Crippen LogP contribution in [-0.2, 0) is 24.4 Å². The summed E-state index contributed by atoms with van der Waals surface area (Å²) in [6, 6.07) is 13.5. The van der Waals surface area contributed by atoms with Gasteiger partial charge in [0.15, 0.2) is 0 Å². The Balaban J connectivity index is 1.62. The molecular weight excluding hydrogens is 312 g/mol. The smallest absolute Gasteiger partial charge is 0.242 e. The molecule has 0 fully saturated rings. The number of halogens is 1. The first-order valence-corrected chi connectivity index (χ1v) is 8.03. The molecule has 2 aromatic rings. The van der Waals surface area contributed by atoms with E-state index in [2.05, 4.69) is 17.4 Å². The van der Waals surface area contributed by atoms with Crippen molar-refractivity contribution >= 4 is 23.2 Å². The Kier molecular flexibility index (Phi) is 4.84. The fourth-order valence-corrected chi connectivity index (χ4v) is 2.98. The van der Waals surface area contributed by atoms with Gasteiger partial charge in [0.1, 0.15) is 0 Å². The summed E-state index contributed by atoms with van der Waals surface area (Å²) >= 11 is 6.12. The van der Waals surface area contributed by atoms with Crippen LogP contribution in [-0.4, -0.2) is 29.0 Å². The van der Waals surface area contributed by atoms with E-state index < -0.39 is 0 Å². The Morgan fingerprint density at radius 2 is 2.00 bits per heavy atom. The van der Waals surface area contributed by atoms with E-state index in [1.165, 1.54) is 11.1 Å². The summed E-state index contributed by atoms with van der Waals surface area (Å²) in [6.07, 6.45) is 0.892. The number of fused-ring (bicyclic) bond motifs is 1. The zero-order valence-electron chi connectivity index (χ0n) is 12.8. The average Bonchev–Trinajstić information content (AvgIpc) is 2.60. The predicted molar refractivity (Wildman–Crippen MR) is 91.4 cm³/mol. The van der Waals surface area contributed by atoms with Crippen LogP contribution in [0.4, 0.5) is 5.69 Å². The fourth-order valence-electron chi connectivity index (χ4n) is 2.80. The lowest BCUT2D eigenvalue weighted by Crippen LogP contribution is -2.39. The van der Waals surface area contributed by atoms with Crippen molar-refractivity contribution in [2.45, 2.75) is 19.6 Å². The second kappa shape index (κ2) is 7.02. The second-order valence-electron chi connectivity index (χ2n) is 5.66. The zero-order valence-corrected chi connectivity index (χ0v) is 13.5. The highest BCUT2D eigenvalue weighted by Gasteiger charge is 2.20. The van der Waals surface area contributed by atoms with Gasteiger partial charge < -0.3 is 15.3 Å². The van der Waals surface area contributed by atoms with Crippen molar-refractivity contribution in [3.05, 3.63) is 64.2 Å². The molecule has 2 aromatic carbocycles. The molecule has 0 bridgehead atoms. The van der Waals surface area contributed by atoms with Crippen LogP contribution >= 0.6 is 11.6 Å². The van der Waals surface area contributed by atoms with Crippen LogP contribution in [0, 0.1) is 0 Å². The minimum absolute atomic E-state index is 0.0463. The summed E-state index contributed by atoms with van der Waals surface area (Å²) in [5.74, 6) is 0.0463. The molecule has 0 aromatic heterocycles. The molecular formula is C18H19ClN2O2. The van der Waals surface area contributed by atoms with E-state index in [0.717, 1.165) is 18.5 Å². The summed E-state index contributed by atoms with van der Waals surface area (Å²) in [4.78, 5) is 14.3. The molecule has 1 amide bonds. The number of aliphatic hydroxyl groups is 1. The standard InChI is InChI=1S/C18H19ClN2O2/c19-16-6-5-13(12-22)9-17(16)20-10-18(23)21-8-7-14-3-1-2-4-15(14)11-21/h1-6,9,20,22H,7-8,10-12H2. The molecule has 0 saturated carbocycles. The molecule has 0 unspecified atom stereocenters. The van der Waals surface area contributed by atoms with Gasteiger partial charge in [0.05, 0.1) is 23.9 Å². The van der Waals surface area contributed by atoms with Crippen LogP contribution in [0.15, 0.2) is 42.5 Å². The number of aliphatic hydroxyl groups excluding tert-OH is 1. The van der Waals surface area contributed by atoms with E-state index in [4.69, 9.17) is 11.6 Å². The monoisotopic (exact) mass is 330 g/mol. The number of benzene rings is 2. The van der Waals surface area contributed by atoms with Crippen LogP contribution in [0.2, 0.25) is 5.02 Å². The Labute approximate surface area is 140 Å². The summed E-state index contributed by atoms with van der Waals surface area (Å²) in [7, 11) is 0. The summed E-state index contributed by atoms with van der Waals surface area (Å²) < 4.78 is 0. The van der Waals surface area contributed by atoms with Gasteiger partial charge in [0.2, 0.25) is 5.91 Å². The molecule has 0 aliphatic carbocycles. The number of nitrogens with one attached hydrogen (secondary N) is 1. The van der Waals surface area contributed by atoms with Crippen LogP contribution in [0.5, 0.6) is 0 Å². The molecule has 0 atom stereocenters.